The minimum atomic E-state index is -0.390. The molecular formula is C18H25NO4. The molecule has 0 N–H and O–H groups in total. The average molecular weight is 319 g/mol. The first-order valence-corrected chi connectivity index (χ1v) is 8.00. The van der Waals surface area contributed by atoms with E-state index in [-0.39, 0.29) is 31.1 Å². The van der Waals surface area contributed by atoms with E-state index in [9.17, 15) is 9.59 Å². The summed E-state index contributed by atoms with van der Waals surface area (Å²) in [5.41, 5.74) is 4.75. The van der Waals surface area contributed by atoms with Crippen LogP contribution in [0.4, 0.5) is 0 Å². The van der Waals surface area contributed by atoms with Crippen molar-refractivity contribution in [3.05, 3.63) is 34.4 Å². The van der Waals surface area contributed by atoms with Gasteiger partial charge in [-0.15, -0.1) is 0 Å². The van der Waals surface area contributed by atoms with E-state index < -0.39 is 5.97 Å². The molecule has 2 atom stereocenters. The van der Waals surface area contributed by atoms with Crippen molar-refractivity contribution < 1.29 is 19.2 Å². The van der Waals surface area contributed by atoms with Crippen LogP contribution in [0.25, 0.3) is 0 Å². The maximum atomic E-state index is 12.1. The summed E-state index contributed by atoms with van der Waals surface area (Å²) in [6.45, 7) is 9.78. The first-order valence-electron chi connectivity index (χ1n) is 8.00. The first-order chi connectivity index (χ1) is 10.8. The fourth-order valence-corrected chi connectivity index (χ4v) is 2.94. The largest absolute Gasteiger partial charge is 0.366 e. The van der Waals surface area contributed by atoms with Crippen LogP contribution in [0.3, 0.4) is 0 Å². The van der Waals surface area contributed by atoms with Gasteiger partial charge >= 0.3 is 5.97 Å². The van der Waals surface area contributed by atoms with Crippen LogP contribution in [0.15, 0.2) is 12.1 Å². The number of morpholine rings is 1. The van der Waals surface area contributed by atoms with Crippen LogP contribution in [0.1, 0.15) is 42.5 Å². The molecule has 1 heterocycles. The molecule has 5 nitrogen and oxygen atoms in total. The summed E-state index contributed by atoms with van der Waals surface area (Å²) in [5.74, 6) is -0.703. The standard InChI is InChI=1S/C18H25NO4/c1-11-8-12(2)16(13(3)9-11)6-7-18(21)23-19-14(4)15(5)22-10-17(19)20/h8-9,14-15H,6-7,10H2,1-5H3/t14-,15+/m1/s1. The highest BCUT2D eigenvalue weighted by Gasteiger charge is 2.34. The number of amides is 1. The van der Waals surface area contributed by atoms with Crippen LogP contribution in [-0.4, -0.2) is 35.7 Å². The topological polar surface area (TPSA) is 55.8 Å². The molecule has 1 amide bonds. The van der Waals surface area contributed by atoms with Gasteiger partial charge in [0, 0.05) is 0 Å². The molecule has 23 heavy (non-hydrogen) atoms. The summed E-state index contributed by atoms with van der Waals surface area (Å²) in [7, 11) is 0. The number of hydrogen-bond acceptors (Lipinski definition) is 4. The minimum absolute atomic E-state index is 0.0467. The lowest BCUT2D eigenvalue weighted by molar-refractivity contribution is -0.230. The van der Waals surface area contributed by atoms with Crippen LogP contribution >= 0.6 is 0 Å². The Morgan fingerprint density at radius 1 is 1.26 bits per heavy atom. The molecule has 0 aromatic heterocycles. The van der Waals surface area contributed by atoms with Crippen molar-refractivity contribution in [1.29, 1.82) is 0 Å². The number of benzene rings is 1. The molecule has 0 saturated carbocycles. The Labute approximate surface area is 137 Å². The summed E-state index contributed by atoms with van der Waals surface area (Å²) < 4.78 is 5.30. The zero-order valence-electron chi connectivity index (χ0n) is 14.5. The zero-order valence-corrected chi connectivity index (χ0v) is 14.5. The molecule has 1 fully saturated rings. The molecule has 0 spiro atoms. The SMILES string of the molecule is Cc1cc(C)c(CCC(=O)ON2C(=O)CO[C@@H](C)[C@H]2C)c(C)c1. The van der Waals surface area contributed by atoms with Gasteiger partial charge in [-0.2, -0.15) is 5.06 Å². The minimum Gasteiger partial charge on any atom is -0.366 e. The molecule has 1 aromatic carbocycles. The molecule has 0 radical (unpaired) electrons. The number of carbonyl (C=O) groups is 2. The van der Waals surface area contributed by atoms with Gasteiger partial charge in [-0.25, -0.2) is 4.79 Å². The van der Waals surface area contributed by atoms with E-state index in [1.165, 1.54) is 22.3 Å². The maximum absolute atomic E-state index is 12.1. The zero-order chi connectivity index (χ0) is 17.1. The van der Waals surface area contributed by atoms with Crippen molar-refractivity contribution in [1.82, 2.24) is 5.06 Å². The molecule has 1 aromatic rings. The number of carbonyl (C=O) groups excluding carboxylic acids is 2. The molecule has 1 aliphatic heterocycles. The molecule has 0 unspecified atom stereocenters. The Bertz CT molecular complexity index is 588. The Kier molecular flexibility index (Phi) is 5.42. The lowest BCUT2D eigenvalue weighted by Gasteiger charge is -2.35. The number of hydroxylamine groups is 2. The van der Waals surface area contributed by atoms with E-state index in [1.54, 1.807) is 0 Å². The number of rotatable bonds is 4. The van der Waals surface area contributed by atoms with Crippen molar-refractivity contribution in [2.45, 2.75) is 59.6 Å². The Morgan fingerprint density at radius 2 is 1.87 bits per heavy atom. The van der Waals surface area contributed by atoms with Gasteiger partial charge in [0.15, 0.2) is 0 Å². The van der Waals surface area contributed by atoms with Gasteiger partial charge in [0.05, 0.1) is 18.6 Å². The summed E-state index contributed by atoms with van der Waals surface area (Å²) in [4.78, 5) is 29.2. The van der Waals surface area contributed by atoms with Crippen molar-refractivity contribution >= 4 is 11.9 Å². The second-order valence-electron chi connectivity index (χ2n) is 6.32. The third kappa shape index (κ3) is 4.10. The summed E-state index contributed by atoms with van der Waals surface area (Å²) in [5, 5.41) is 1.16. The molecule has 1 saturated heterocycles. The van der Waals surface area contributed by atoms with Crippen molar-refractivity contribution in [3.8, 4) is 0 Å². The fraction of sp³-hybridized carbons (Fsp3) is 0.556. The molecular weight excluding hydrogens is 294 g/mol. The van der Waals surface area contributed by atoms with Gasteiger partial charge in [0.1, 0.15) is 6.61 Å². The van der Waals surface area contributed by atoms with Gasteiger partial charge < -0.3 is 9.57 Å². The van der Waals surface area contributed by atoms with Gasteiger partial charge in [-0.1, -0.05) is 17.7 Å². The van der Waals surface area contributed by atoms with Crippen LogP contribution < -0.4 is 0 Å². The van der Waals surface area contributed by atoms with Crippen molar-refractivity contribution in [3.63, 3.8) is 0 Å². The second kappa shape index (κ2) is 7.13. The monoisotopic (exact) mass is 319 g/mol. The predicted molar refractivity (Wildman–Crippen MR) is 86.8 cm³/mol. The number of nitrogens with zero attached hydrogens (tertiary/aromatic N) is 1. The van der Waals surface area contributed by atoms with E-state index >= 15 is 0 Å². The van der Waals surface area contributed by atoms with Crippen molar-refractivity contribution in [2.75, 3.05) is 6.61 Å². The number of hydrogen-bond donors (Lipinski definition) is 0. The van der Waals surface area contributed by atoms with Gasteiger partial charge in [0.2, 0.25) is 0 Å². The Morgan fingerprint density at radius 3 is 2.48 bits per heavy atom. The highest BCUT2D eigenvalue weighted by atomic mass is 16.7. The summed E-state index contributed by atoms with van der Waals surface area (Å²) >= 11 is 0. The van der Waals surface area contributed by atoms with Crippen LogP contribution in [0.2, 0.25) is 0 Å². The molecule has 2 rings (SSSR count). The van der Waals surface area contributed by atoms with E-state index in [0.717, 1.165) is 5.06 Å². The Hall–Kier alpha value is -1.88. The lowest BCUT2D eigenvalue weighted by Crippen LogP contribution is -2.52. The quantitative estimate of drug-likeness (QED) is 0.856. The van der Waals surface area contributed by atoms with Crippen LogP contribution in [0, 0.1) is 20.8 Å². The van der Waals surface area contributed by atoms with Gasteiger partial charge in [-0.3, -0.25) is 4.79 Å². The highest BCUT2D eigenvalue weighted by molar-refractivity contribution is 5.80. The smallest absolute Gasteiger partial charge is 0.332 e. The lowest BCUT2D eigenvalue weighted by atomic mass is 9.96. The number of aryl methyl sites for hydroxylation is 3. The maximum Gasteiger partial charge on any atom is 0.332 e. The summed E-state index contributed by atoms with van der Waals surface area (Å²) in [6, 6.07) is 3.95. The third-order valence-corrected chi connectivity index (χ3v) is 4.38. The second-order valence-corrected chi connectivity index (χ2v) is 6.32. The molecule has 5 heteroatoms. The van der Waals surface area contributed by atoms with E-state index in [2.05, 4.69) is 32.9 Å². The molecule has 0 bridgehead atoms. The van der Waals surface area contributed by atoms with Crippen LogP contribution in [0.5, 0.6) is 0 Å². The fourth-order valence-electron chi connectivity index (χ4n) is 2.94. The predicted octanol–water partition coefficient (Wildman–Crippen LogP) is 2.64. The number of ether oxygens (including phenoxy) is 1. The van der Waals surface area contributed by atoms with Crippen LogP contribution in [-0.2, 0) is 25.6 Å². The highest BCUT2D eigenvalue weighted by Crippen LogP contribution is 2.19. The van der Waals surface area contributed by atoms with E-state index in [1.807, 2.05) is 13.8 Å². The van der Waals surface area contributed by atoms with E-state index in [0.29, 0.717) is 6.42 Å². The molecule has 126 valence electrons. The molecule has 0 aliphatic carbocycles. The average Bonchev–Trinajstić information content (AvgIpc) is 2.46. The molecule has 1 aliphatic rings. The summed E-state index contributed by atoms with van der Waals surface area (Å²) in [6.07, 6.45) is 0.706. The van der Waals surface area contributed by atoms with Gasteiger partial charge in [-0.05, 0) is 57.7 Å². The van der Waals surface area contributed by atoms with Gasteiger partial charge in [0.25, 0.3) is 5.91 Å². The Balaban J connectivity index is 1.96. The van der Waals surface area contributed by atoms with E-state index in [4.69, 9.17) is 9.57 Å². The first kappa shape index (κ1) is 17.5. The normalized spacial score (nSPS) is 21.4. The third-order valence-electron chi connectivity index (χ3n) is 4.38. The van der Waals surface area contributed by atoms with Crippen molar-refractivity contribution in [2.24, 2.45) is 0 Å².